The zero-order chi connectivity index (χ0) is 17.4. The van der Waals surface area contributed by atoms with Gasteiger partial charge in [0.05, 0.1) is 16.8 Å². The molecule has 5 nitrogen and oxygen atoms in total. The predicted octanol–water partition coefficient (Wildman–Crippen LogP) is 3.63. The quantitative estimate of drug-likeness (QED) is 0.862. The minimum atomic E-state index is -0.230. The summed E-state index contributed by atoms with van der Waals surface area (Å²) in [6, 6.07) is 10.0. The molecule has 2 N–H and O–H groups in total. The number of carbonyl (C=O) groups is 1. The van der Waals surface area contributed by atoms with E-state index in [4.69, 9.17) is 0 Å². The van der Waals surface area contributed by atoms with Crippen LogP contribution in [0.4, 0.5) is 5.69 Å². The number of hydrogen-bond donors (Lipinski definition) is 2. The maximum atomic E-state index is 13.1. The second kappa shape index (κ2) is 7.41. The van der Waals surface area contributed by atoms with Crippen LogP contribution in [0, 0.1) is 25.2 Å². The summed E-state index contributed by atoms with van der Waals surface area (Å²) in [5.41, 5.74) is 3.68. The zero-order valence-electron chi connectivity index (χ0n) is 15.4. The SMILES string of the molecule is Cc1cc(C)n(-c2cccc(NC(=O)[C@@]34CCCC[C@H]3CNC4)c2)n1.Cl. The fourth-order valence-corrected chi connectivity index (χ4v) is 4.55. The van der Waals surface area contributed by atoms with Gasteiger partial charge in [-0.1, -0.05) is 18.9 Å². The van der Waals surface area contributed by atoms with Gasteiger partial charge in [-0.2, -0.15) is 5.10 Å². The minimum Gasteiger partial charge on any atom is -0.325 e. The Hall–Kier alpha value is -1.85. The molecule has 26 heavy (non-hydrogen) atoms. The van der Waals surface area contributed by atoms with Crippen LogP contribution in [0.3, 0.4) is 0 Å². The molecule has 1 aromatic heterocycles. The Bertz CT molecular complexity index is 803. The summed E-state index contributed by atoms with van der Waals surface area (Å²) in [6.45, 7) is 5.81. The molecule has 6 heteroatoms. The van der Waals surface area contributed by atoms with E-state index >= 15 is 0 Å². The van der Waals surface area contributed by atoms with E-state index in [1.807, 2.05) is 42.8 Å². The van der Waals surface area contributed by atoms with E-state index in [0.717, 1.165) is 55.1 Å². The van der Waals surface area contributed by atoms with Gasteiger partial charge in [0.1, 0.15) is 0 Å². The van der Waals surface area contributed by atoms with Crippen LogP contribution < -0.4 is 10.6 Å². The average Bonchev–Trinajstić information content (AvgIpc) is 3.18. The van der Waals surface area contributed by atoms with Crippen LogP contribution in [-0.4, -0.2) is 28.8 Å². The molecule has 0 unspecified atom stereocenters. The van der Waals surface area contributed by atoms with Gasteiger partial charge in [0, 0.05) is 17.9 Å². The molecule has 1 aliphatic heterocycles. The van der Waals surface area contributed by atoms with Crippen molar-refractivity contribution < 1.29 is 4.79 Å². The smallest absolute Gasteiger partial charge is 0.232 e. The molecule has 0 spiro atoms. The number of carbonyl (C=O) groups excluding carboxylic acids is 1. The number of hydrogen-bond acceptors (Lipinski definition) is 3. The van der Waals surface area contributed by atoms with E-state index in [-0.39, 0.29) is 23.7 Å². The van der Waals surface area contributed by atoms with Crippen LogP contribution in [0.25, 0.3) is 5.69 Å². The van der Waals surface area contributed by atoms with E-state index in [9.17, 15) is 4.79 Å². The molecule has 1 aromatic carbocycles. The van der Waals surface area contributed by atoms with E-state index in [1.54, 1.807) is 0 Å². The minimum absolute atomic E-state index is 0. The Morgan fingerprint density at radius 2 is 2.15 bits per heavy atom. The number of anilines is 1. The number of nitrogens with one attached hydrogen (secondary N) is 2. The van der Waals surface area contributed by atoms with Gasteiger partial charge < -0.3 is 10.6 Å². The second-order valence-corrected chi connectivity index (χ2v) is 7.57. The summed E-state index contributed by atoms with van der Waals surface area (Å²) < 4.78 is 1.92. The lowest BCUT2D eigenvalue weighted by atomic mass is 9.67. The Balaban J connectivity index is 0.00000196. The Labute approximate surface area is 161 Å². The molecule has 2 atom stereocenters. The molecule has 1 saturated carbocycles. The van der Waals surface area contributed by atoms with Crippen LogP contribution in [0.1, 0.15) is 37.1 Å². The van der Waals surface area contributed by atoms with Crippen molar-refractivity contribution in [1.29, 1.82) is 0 Å². The first-order valence-electron chi connectivity index (χ1n) is 9.24. The molecule has 2 fully saturated rings. The highest BCUT2D eigenvalue weighted by Gasteiger charge is 2.49. The first-order valence-corrected chi connectivity index (χ1v) is 9.24. The molecule has 0 bridgehead atoms. The van der Waals surface area contributed by atoms with Crippen molar-refractivity contribution in [3.05, 3.63) is 41.7 Å². The highest BCUT2D eigenvalue weighted by atomic mass is 35.5. The number of rotatable bonds is 3. The van der Waals surface area contributed by atoms with Crippen LogP contribution in [0.15, 0.2) is 30.3 Å². The van der Waals surface area contributed by atoms with Crippen molar-refractivity contribution in [2.24, 2.45) is 11.3 Å². The van der Waals surface area contributed by atoms with Gasteiger partial charge in [-0.05, 0) is 63.4 Å². The predicted molar refractivity (Wildman–Crippen MR) is 106 cm³/mol. The first-order chi connectivity index (χ1) is 12.1. The summed E-state index contributed by atoms with van der Waals surface area (Å²) in [6.07, 6.45) is 4.55. The van der Waals surface area contributed by atoms with Gasteiger partial charge in [-0.3, -0.25) is 4.79 Å². The van der Waals surface area contributed by atoms with Gasteiger partial charge in [0.15, 0.2) is 0 Å². The summed E-state index contributed by atoms with van der Waals surface area (Å²) in [7, 11) is 0. The van der Waals surface area contributed by atoms with E-state index in [1.165, 1.54) is 6.42 Å². The van der Waals surface area contributed by atoms with Crippen molar-refractivity contribution in [3.8, 4) is 5.69 Å². The van der Waals surface area contributed by atoms with Crippen LogP contribution >= 0.6 is 12.4 Å². The third kappa shape index (κ3) is 3.26. The van der Waals surface area contributed by atoms with Crippen LogP contribution in [0.2, 0.25) is 0 Å². The molecule has 2 heterocycles. The Morgan fingerprint density at radius 1 is 1.31 bits per heavy atom. The Morgan fingerprint density at radius 3 is 2.92 bits per heavy atom. The van der Waals surface area contributed by atoms with Crippen molar-refractivity contribution in [2.75, 3.05) is 18.4 Å². The molecule has 4 rings (SSSR count). The van der Waals surface area contributed by atoms with Crippen molar-refractivity contribution in [3.63, 3.8) is 0 Å². The monoisotopic (exact) mass is 374 g/mol. The molecular formula is C20H27ClN4O. The van der Waals surface area contributed by atoms with Crippen molar-refractivity contribution in [1.82, 2.24) is 15.1 Å². The van der Waals surface area contributed by atoms with E-state index < -0.39 is 0 Å². The number of nitrogens with zero attached hydrogens (tertiary/aromatic N) is 2. The molecule has 140 valence electrons. The molecule has 1 amide bonds. The van der Waals surface area contributed by atoms with Crippen molar-refractivity contribution >= 4 is 24.0 Å². The number of fused-ring (bicyclic) bond motifs is 1. The molecule has 0 radical (unpaired) electrons. The Kier molecular flexibility index (Phi) is 5.39. The maximum absolute atomic E-state index is 13.1. The number of aryl methyl sites for hydroxylation is 2. The number of halogens is 1. The molecule has 2 aromatic rings. The molecule has 1 saturated heterocycles. The second-order valence-electron chi connectivity index (χ2n) is 7.57. The van der Waals surface area contributed by atoms with Gasteiger partial charge in [0.25, 0.3) is 0 Å². The van der Waals surface area contributed by atoms with Gasteiger partial charge in [0.2, 0.25) is 5.91 Å². The van der Waals surface area contributed by atoms with E-state index in [2.05, 4.69) is 21.8 Å². The van der Waals surface area contributed by atoms with Crippen molar-refractivity contribution in [2.45, 2.75) is 39.5 Å². The standard InChI is InChI=1S/C20H26N4O.ClH/c1-14-10-15(2)24(23-14)18-8-5-7-17(11-18)22-19(25)20-9-4-3-6-16(20)12-21-13-20;/h5,7-8,10-11,16,21H,3-4,6,9,12-13H2,1-2H3,(H,22,25);1H/t16-,20+;/m0./s1. The molecular weight excluding hydrogens is 348 g/mol. The average molecular weight is 375 g/mol. The van der Waals surface area contributed by atoms with Gasteiger partial charge in [-0.15, -0.1) is 12.4 Å². The molecule has 1 aliphatic carbocycles. The van der Waals surface area contributed by atoms with Crippen LogP contribution in [0.5, 0.6) is 0 Å². The van der Waals surface area contributed by atoms with Gasteiger partial charge in [-0.25, -0.2) is 4.68 Å². The number of amides is 1. The summed E-state index contributed by atoms with van der Waals surface area (Å²) >= 11 is 0. The maximum Gasteiger partial charge on any atom is 0.232 e. The van der Waals surface area contributed by atoms with Crippen LogP contribution in [-0.2, 0) is 4.79 Å². The van der Waals surface area contributed by atoms with Gasteiger partial charge >= 0.3 is 0 Å². The number of benzene rings is 1. The summed E-state index contributed by atoms with van der Waals surface area (Å²) in [5.74, 6) is 0.646. The van der Waals surface area contributed by atoms with E-state index in [0.29, 0.717) is 5.92 Å². The largest absolute Gasteiger partial charge is 0.325 e. The first kappa shape index (κ1) is 18.9. The zero-order valence-corrected chi connectivity index (χ0v) is 16.2. The highest BCUT2D eigenvalue weighted by Crippen LogP contribution is 2.44. The lowest BCUT2D eigenvalue weighted by Crippen LogP contribution is -2.44. The lowest BCUT2D eigenvalue weighted by molar-refractivity contribution is -0.128. The highest BCUT2D eigenvalue weighted by molar-refractivity contribution is 5.96. The topological polar surface area (TPSA) is 59.0 Å². The fourth-order valence-electron chi connectivity index (χ4n) is 4.55. The normalized spacial score (nSPS) is 24.6. The summed E-state index contributed by atoms with van der Waals surface area (Å²) in [5, 5.41) is 11.2. The number of aromatic nitrogens is 2. The third-order valence-electron chi connectivity index (χ3n) is 5.85. The third-order valence-corrected chi connectivity index (χ3v) is 5.85. The lowest BCUT2D eigenvalue weighted by Gasteiger charge is -2.37. The molecule has 2 aliphatic rings. The summed E-state index contributed by atoms with van der Waals surface area (Å²) in [4.78, 5) is 13.1. The fraction of sp³-hybridized carbons (Fsp3) is 0.500.